The molecule has 1 aromatic heterocycles. The molecule has 0 aliphatic heterocycles. The minimum Gasteiger partial charge on any atom is -0.283 e. The summed E-state index contributed by atoms with van der Waals surface area (Å²) in [6.45, 7) is 1.63. The number of benzene rings is 2. The Kier molecular flexibility index (Phi) is 5.61. The second-order valence-corrected chi connectivity index (χ2v) is 9.17. The van der Waals surface area contributed by atoms with Gasteiger partial charge >= 0.3 is 0 Å². The molecule has 0 fully saturated rings. The molecule has 6 nitrogen and oxygen atoms in total. The first kappa shape index (κ1) is 20.5. The molecule has 0 saturated heterocycles. The van der Waals surface area contributed by atoms with E-state index in [4.69, 9.17) is 23.2 Å². The molecule has 0 radical (unpaired) electrons. The van der Waals surface area contributed by atoms with E-state index in [1.807, 2.05) is 18.2 Å². The van der Waals surface area contributed by atoms with Gasteiger partial charge in [0.1, 0.15) is 5.69 Å². The van der Waals surface area contributed by atoms with Crippen molar-refractivity contribution in [3.8, 4) is 5.69 Å². The lowest BCUT2D eigenvalue weighted by Crippen LogP contribution is -2.34. The third-order valence-electron chi connectivity index (χ3n) is 4.50. The summed E-state index contributed by atoms with van der Waals surface area (Å²) < 4.78 is 29.3. The number of nitrogens with zero attached hydrogens (tertiary/aromatic N) is 3. The van der Waals surface area contributed by atoms with E-state index in [1.54, 1.807) is 49.0 Å². The van der Waals surface area contributed by atoms with Crippen LogP contribution in [0, 0.1) is 6.92 Å². The Labute approximate surface area is 173 Å². The van der Waals surface area contributed by atoms with Gasteiger partial charge in [0.15, 0.2) is 0 Å². The molecule has 0 aliphatic rings. The van der Waals surface area contributed by atoms with E-state index in [2.05, 4.69) is 0 Å². The van der Waals surface area contributed by atoms with Crippen molar-refractivity contribution in [1.82, 2.24) is 9.36 Å². The highest BCUT2D eigenvalue weighted by atomic mass is 35.5. The highest BCUT2D eigenvalue weighted by molar-refractivity contribution is 7.92. The van der Waals surface area contributed by atoms with Gasteiger partial charge in [0.2, 0.25) is 10.0 Å². The van der Waals surface area contributed by atoms with Crippen LogP contribution in [0.15, 0.2) is 53.3 Å². The maximum atomic E-state index is 13.2. The molecule has 148 valence electrons. The van der Waals surface area contributed by atoms with Crippen LogP contribution in [0.5, 0.6) is 0 Å². The summed E-state index contributed by atoms with van der Waals surface area (Å²) in [7, 11) is -2.05. The zero-order valence-corrected chi connectivity index (χ0v) is 17.9. The van der Waals surface area contributed by atoms with E-state index in [-0.39, 0.29) is 12.2 Å². The molecule has 0 unspecified atom stereocenters. The summed E-state index contributed by atoms with van der Waals surface area (Å²) in [5.74, 6) is 0. The van der Waals surface area contributed by atoms with Gasteiger partial charge in [0.25, 0.3) is 5.56 Å². The van der Waals surface area contributed by atoms with Gasteiger partial charge in [-0.05, 0) is 36.8 Å². The number of hydrogen-bond donors (Lipinski definition) is 0. The number of hydrogen-bond acceptors (Lipinski definition) is 3. The average molecular weight is 440 g/mol. The highest BCUT2D eigenvalue weighted by Crippen LogP contribution is 2.27. The van der Waals surface area contributed by atoms with Gasteiger partial charge in [0, 0.05) is 17.1 Å². The Hall–Kier alpha value is -2.22. The van der Waals surface area contributed by atoms with Gasteiger partial charge in [-0.2, -0.15) is 0 Å². The van der Waals surface area contributed by atoms with E-state index in [1.165, 1.54) is 4.68 Å². The standard InChI is InChI=1S/C19H19Cl2N3O3S/c1-13-18(19(25)24(22(13)2)16-7-5-4-6-8-16)23(28(3,26)27)12-14-9-10-15(20)11-17(14)21/h4-11H,12H2,1-3H3. The lowest BCUT2D eigenvalue weighted by atomic mass is 10.2. The molecule has 0 amide bonds. The van der Waals surface area contributed by atoms with Crippen LogP contribution in [-0.2, 0) is 23.6 Å². The maximum Gasteiger partial charge on any atom is 0.296 e. The minimum absolute atomic E-state index is 0.0796. The normalized spacial score (nSPS) is 11.6. The Balaban J connectivity index is 2.19. The van der Waals surface area contributed by atoms with E-state index < -0.39 is 15.6 Å². The Bertz CT molecular complexity index is 1190. The molecule has 2 aromatic carbocycles. The quantitative estimate of drug-likeness (QED) is 0.607. The largest absolute Gasteiger partial charge is 0.296 e. The topological polar surface area (TPSA) is 64.3 Å². The number of sulfonamides is 1. The van der Waals surface area contributed by atoms with Crippen molar-refractivity contribution in [1.29, 1.82) is 0 Å². The SMILES string of the molecule is Cc1c(N(Cc2ccc(Cl)cc2Cl)S(C)(=O)=O)c(=O)n(-c2ccccc2)n1C. The first-order chi connectivity index (χ1) is 13.1. The fraction of sp³-hybridized carbons (Fsp3) is 0.211. The van der Waals surface area contributed by atoms with Crippen molar-refractivity contribution in [3.63, 3.8) is 0 Å². The average Bonchev–Trinajstić information content (AvgIpc) is 2.83. The van der Waals surface area contributed by atoms with Gasteiger partial charge in [-0.1, -0.05) is 47.5 Å². The highest BCUT2D eigenvalue weighted by Gasteiger charge is 2.28. The number of rotatable bonds is 5. The predicted octanol–water partition coefficient (Wildman–Crippen LogP) is 3.76. The van der Waals surface area contributed by atoms with Gasteiger partial charge < -0.3 is 0 Å². The number of aromatic nitrogens is 2. The fourth-order valence-electron chi connectivity index (χ4n) is 3.01. The van der Waals surface area contributed by atoms with Gasteiger partial charge in [-0.15, -0.1) is 0 Å². The van der Waals surface area contributed by atoms with Crippen molar-refractivity contribution < 1.29 is 8.42 Å². The van der Waals surface area contributed by atoms with Gasteiger partial charge in [0.05, 0.1) is 24.2 Å². The molecule has 1 heterocycles. The van der Waals surface area contributed by atoms with Crippen LogP contribution in [0.4, 0.5) is 5.69 Å². The molecule has 0 atom stereocenters. The van der Waals surface area contributed by atoms with Crippen LogP contribution in [0.25, 0.3) is 5.69 Å². The molecule has 28 heavy (non-hydrogen) atoms. The second kappa shape index (κ2) is 7.66. The van der Waals surface area contributed by atoms with Crippen molar-refractivity contribution >= 4 is 38.9 Å². The van der Waals surface area contributed by atoms with E-state index in [9.17, 15) is 13.2 Å². The van der Waals surface area contributed by atoms with Crippen molar-refractivity contribution in [3.05, 3.63) is 80.2 Å². The van der Waals surface area contributed by atoms with Crippen LogP contribution in [0.2, 0.25) is 10.0 Å². The van der Waals surface area contributed by atoms with Crippen molar-refractivity contribution in [2.45, 2.75) is 13.5 Å². The molecule has 0 aliphatic carbocycles. The summed E-state index contributed by atoms with van der Waals surface area (Å²) in [5.41, 5.74) is 1.36. The second-order valence-electron chi connectivity index (χ2n) is 6.42. The molecule has 0 N–H and O–H groups in total. The van der Waals surface area contributed by atoms with Crippen LogP contribution >= 0.6 is 23.2 Å². The number of anilines is 1. The van der Waals surface area contributed by atoms with Crippen molar-refractivity contribution in [2.24, 2.45) is 7.05 Å². The predicted molar refractivity (Wildman–Crippen MR) is 113 cm³/mol. The zero-order chi connectivity index (χ0) is 20.6. The molecule has 0 spiro atoms. The molecule has 9 heteroatoms. The molecule has 3 rings (SSSR count). The Morgan fingerprint density at radius 2 is 1.71 bits per heavy atom. The monoisotopic (exact) mass is 439 g/mol. The molecule has 0 saturated carbocycles. The van der Waals surface area contributed by atoms with Crippen LogP contribution in [-0.4, -0.2) is 24.0 Å². The van der Waals surface area contributed by atoms with Crippen LogP contribution in [0.3, 0.4) is 0 Å². The molecule has 0 bridgehead atoms. The third kappa shape index (κ3) is 3.83. The van der Waals surface area contributed by atoms with Crippen molar-refractivity contribution in [2.75, 3.05) is 10.6 Å². The number of para-hydroxylation sites is 1. The van der Waals surface area contributed by atoms with E-state index >= 15 is 0 Å². The summed E-state index contributed by atoms with van der Waals surface area (Å²) in [6, 6.07) is 13.9. The molecule has 3 aromatic rings. The van der Waals surface area contributed by atoms with E-state index in [0.717, 1.165) is 10.6 Å². The maximum absolute atomic E-state index is 13.2. The Morgan fingerprint density at radius 1 is 1.07 bits per heavy atom. The lowest BCUT2D eigenvalue weighted by Gasteiger charge is -2.21. The molecular weight excluding hydrogens is 421 g/mol. The summed E-state index contributed by atoms with van der Waals surface area (Å²) >= 11 is 12.2. The summed E-state index contributed by atoms with van der Waals surface area (Å²) in [4.78, 5) is 13.2. The van der Waals surface area contributed by atoms with Crippen LogP contribution < -0.4 is 9.86 Å². The first-order valence-corrected chi connectivity index (χ1v) is 11.0. The smallest absolute Gasteiger partial charge is 0.283 e. The van der Waals surface area contributed by atoms with E-state index in [0.29, 0.717) is 27.0 Å². The fourth-order valence-corrected chi connectivity index (χ4v) is 4.39. The first-order valence-electron chi connectivity index (χ1n) is 8.37. The Morgan fingerprint density at radius 3 is 2.29 bits per heavy atom. The number of halogens is 2. The minimum atomic E-state index is -3.76. The summed E-state index contributed by atoms with van der Waals surface area (Å²) in [5, 5.41) is 0.778. The zero-order valence-electron chi connectivity index (χ0n) is 15.6. The van der Waals surface area contributed by atoms with Gasteiger partial charge in [-0.3, -0.25) is 13.8 Å². The van der Waals surface area contributed by atoms with Gasteiger partial charge in [-0.25, -0.2) is 13.1 Å². The lowest BCUT2D eigenvalue weighted by molar-refractivity contribution is 0.596. The molecular formula is C19H19Cl2N3O3S. The van der Waals surface area contributed by atoms with Crippen LogP contribution in [0.1, 0.15) is 11.3 Å². The summed E-state index contributed by atoms with van der Waals surface area (Å²) in [6.07, 6.45) is 1.07. The third-order valence-corrected chi connectivity index (χ3v) is 6.20.